The van der Waals surface area contributed by atoms with Gasteiger partial charge in [-0.3, -0.25) is 14.2 Å². The highest BCUT2D eigenvalue weighted by Crippen LogP contribution is 2.36. The average Bonchev–Trinajstić information content (AvgIpc) is 3.28. The zero-order valence-electron chi connectivity index (χ0n) is 24.5. The van der Waals surface area contributed by atoms with Crippen molar-refractivity contribution in [1.82, 2.24) is 4.57 Å². The van der Waals surface area contributed by atoms with Crippen LogP contribution in [-0.2, 0) is 14.3 Å². The van der Waals surface area contributed by atoms with Crippen molar-refractivity contribution in [2.24, 2.45) is 4.99 Å². The molecule has 10 nitrogen and oxygen atoms in total. The van der Waals surface area contributed by atoms with Crippen molar-refractivity contribution in [1.29, 1.82) is 0 Å². The van der Waals surface area contributed by atoms with E-state index in [-0.39, 0.29) is 22.6 Å². The molecule has 4 rings (SSSR count). The van der Waals surface area contributed by atoms with Gasteiger partial charge in [0.05, 0.1) is 49.8 Å². The highest BCUT2D eigenvalue weighted by Gasteiger charge is 2.33. The standard InChI is InChI=1S/C31H34N2O8S/c1-7-8-9-14-40-22-12-10-20(15-24(22)37-4)16-26-29(35)33-28(27(30(36)39-6)18(2)32-31(33)42-26)21-11-13-23(41-19(3)34)25(17-21)38-5/h10-13,15-17,28H,7-9,14H2,1-6H3/b26-16+/t28-/m0/s1. The Labute approximate surface area is 247 Å². The summed E-state index contributed by atoms with van der Waals surface area (Å²) in [6.45, 7) is 5.72. The lowest BCUT2D eigenvalue weighted by Gasteiger charge is -2.25. The summed E-state index contributed by atoms with van der Waals surface area (Å²) >= 11 is 1.21. The first-order chi connectivity index (χ1) is 20.2. The Morgan fingerprint density at radius 2 is 1.71 bits per heavy atom. The Morgan fingerprint density at radius 1 is 1.00 bits per heavy atom. The Morgan fingerprint density at radius 3 is 2.38 bits per heavy atom. The van der Waals surface area contributed by atoms with Crippen molar-refractivity contribution in [2.45, 2.75) is 46.1 Å². The number of benzene rings is 2. The van der Waals surface area contributed by atoms with Gasteiger partial charge in [0.25, 0.3) is 5.56 Å². The minimum absolute atomic E-state index is 0.213. The van der Waals surface area contributed by atoms with E-state index in [9.17, 15) is 14.4 Å². The van der Waals surface area contributed by atoms with Gasteiger partial charge in [-0.15, -0.1) is 0 Å². The van der Waals surface area contributed by atoms with E-state index in [1.165, 1.54) is 37.0 Å². The van der Waals surface area contributed by atoms with Crippen LogP contribution in [0, 0.1) is 0 Å². The number of esters is 2. The van der Waals surface area contributed by atoms with Crippen LogP contribution in [0.25, 0.3) is 6.08 Å². The molecule has 2 heterocycles. The maximum absolute atomic E-state index is 13.9. The molecule has 0 unspecified atom stereocenters. The summed E-state index contributed by atoms with van der Waals surface area (Å²) in [6, 6.07) is 9.51. The Kier molecular flexibility index (Phi) is 9.84. The second-order valence-electron chi connectivity index (χ2n) is 9.54. The molecule has 2 aromatic carbocycles. The zero-order valence-corrected chi connectivity index (χ0v) is 25.3. The third kappa shape index (κ3) is 6.41. The predicted octanol–water partition coefficient (Wildman–Crippen LogP) is 3.92. The summed E-state index contributed by atoms with van der Waals surface area (Å²) in [5.41, 5.74) is 1.60. The maximum Gasteiger partial charge on any atom is 0.338 e. The number of carbonyl (C=O) groups is 2. The molecular formula is C31H34N2O8S. The summed E-state index contributed by atoms with van der Waals surface area (Å²) in [6.07, 6.45) is 4.90. The van der Waals surface area contributed by atoms with Crippen LogP contribution in [0.1, 0.15) is 57.2 Å². The molecule has 0 spiro atoms. The molecule has 1 aliphatic heterocycles. The monoisotopic (exact) mass is 594 g/mol. The molecule has 0 aliphatic carbocycles. The largest absolute Gasteiger partial charge is 0.493 e. The lowest BCUT2D eigenvalue weighted by atomic mass is 9.95. The molecule has 1 aliphatic rings. The SMILES string of the molecule is CCCCCOc1ccc(/C=c2/sc3n(c2=O)[C@@H](c2ccc(OC(C)=O)c(OC)c2)C(C(=O)OC)=C(C)N=3)cc1OC. The first kappa shape index (κ1) is 30.6. The third-order valence-electron chi connectivity index (χ3n) is 6.68. The van der Waals surface area contributed by atoms with Gasteiger partial charge in [-0.1, -0.05) is 43.2 Å². The number of fused-ring (bicyclic) bond motifs is 1. The van der Waals surface area contributed by atoms with Gasteiger partial charge >= 0.3 is 11.9 Å². The van der Waals surface area contributed by atoms with Crippen molar-refractivity contribution < 1.29 is 33.3 Å². The number of carbonyl (C=O) groups excluding carboxylic acids is 2. The molecule has 42 heavy (non-hydrogen) atoms. The van der Waals surface area contributed by atoms with E-state index in [4.69, 9.17) is 23.7 Å². The molecule has 0 saturated carbocycles. The number of thiazole rings is 1. The van der Waals surface area contributed by atoms with Crippen LogP contribution in [0.4, 0.5) is 0 Å². The van der Waals surface area contributed by atoms with Crippen LogP contribution in [-0.4, -0.2) is 44.4 Å². The van der Waals surface area contributed by atoms with Crippen LogP contribution < -0.4 is 33.8 Å². The lowest BCUT2D eigenvalue weighted by molar-refractivity contribution is -0.136. The van der Waals surface area contributed by atoms with Gasteiger partial charge in [0, 0.05) is 6.92 Å². The van der Waals surface area contributed by atoms with Crippen molar-refractivity contribution in [3.8, 4) is 23.0 Å². The molecule has 0 fully saturated rings. The van der Waals surface area contributed by atoms with Crippen LogP contribution in [0.5, 0.6) is 23.0 Å². The highest BCUT2D eigenvalue weighted by molar-refractivity contribution is 7.07. The smallest absolute Gasteiger partial charge is 0.338 e. The lowest BCUT2D eigenvalue weighted by Crippen LogP contribution is -2.39. The van der Waals surface area contributed by atoms with Crippen molar-refractivity contribution >= 4 is 29.4 Å². The first-order valence-corrected chi connectivity index (χ1v) is 14.3. The number of unbranched alkanes of at least 4 members (excludes halogenated alkanes) is 2. The van der Waals surface area contributed by atoms with Crippen LogP contribution in [0.15, 0.2) is 57.5 Å². The summed E-state index contributed by atoms with van der Waals surface area (Å²) in [7, 11) is 4.29. The van der Waals surface area contributed by atoms with Crippen molar-refractivity contribution in [3.63, 3.8) is 0 Å². The minimum atomic E-state index is -0.857. The van der Waals surface area contributed by atoms with Gasteiger partial charge < -0.3 is 23.7 Å². The van der Waals surface area contributed by atoms with E-state index in [0.29, 0.717) is 38.7 Å². The second-order valence-corrected chi connectivity index (χ2v) is 10.6. The molecule has 0 amide bonds. The molecule has 222 valence electrons. The average molecular weight is 595 g/mol. The molecule has 1 atom stereocenters. The number of hydrogen-bond acceptors (Lipinski definition) is 10. The van der Waals surface area contributed by atoms with Crippen LogP contribution in [0.2, 0.25) is 0 Å². The minimum Gasteiger partial charge on any atom is -0.493 e. The summed E-state index contributed by atoms with van der Waals surface area (Å²) < 4.78 is 29.1. The Bertz CT molecular complexity index is 1700. The molecule has 0 N–H and O–H groups in total. The topological polar surface area (TPSA) is 115 Å². The fourth-order valence-corrected chi connectivity index (χ4v) is 5.73. The summed E-state index contributed by atoms with van der Waals surface area (Å²) in [5, 5.41) is 0. The highest BCUT2D eigenvalue weighted by atomic mass is 32.1. The number of methoxy groups -OCH3 is 3. The number of allylic oxidation sites excluding steroid dienone is 1. The fourth-order valence-electron chi connectivity index (χ4n) is 4.68. The number of rotatable bonds is 11. The zero-order chi connectivity index (χ0) is 30.4. The maximum atomic E-state index is 13.9. The molecule has 0 bridgehead atoms. The van der Waals surface area contributed by atoms with Gasteiger partial charge in [-0.25, -0.2) is 9.79 Å². The number of ether oxygens (including phenoxy) is 5. The van der Waals surface area contributed by atoms with E-state index in [2.05, 4.69) is 11.9 Å². The summed E-state index contributed by atoms with van der Waals surface area (Å²) in [5.74, 6) is 0.568. The van der Waals surface area contributed by atoms with Gasteiger partial charge in [0.2, 0.25) is 0 Å². The summed E-state index contributed by atoms with van der Waals surface area (Å²) in [4.78, 5) is 43.5. The van der Waals surface area contributed by atoms with Gasteiger partial charge in [-0.05, 0) is 54.8 Å². The van der Waals surface area contributed by atoms with E-state index < -0.39 is 18.0 Å². The number of nitrogens with zero attached hydrogens (tertiary/aromatic N) is 2. The van der Waals surface area contributed by atoms with Crippen molar-refractivity contribution in [2.75, 3.05) is 27.9 Å². The molecule has 1 aromatic heterocycles. The Balaban J connectivity index is 1.82. The normalized spacial score (nSPS) is 14.6. The molecular weight excluding hydrogens is 560 g/mol. The molecule has 0 saturated heterocycles. The number of aromatic nitrogens is 1. The molecule has 11 heteroatoms. The van der Waals surface area contributed by atoms with E-state index in [0.717, 1.165) is 24.8 Å². The van der Waals surface area contributed by atoms with E-state index >= 15 is 0 Å². The molecule has 0 radical (unpaired) electrons. The predicted molar refractivity (Wildman–Crippen MR) is 158 cm³/mol. The van der Waals surface area contributed by atoms with Gasteiger partial charge in [-0.2, -0.15) is 0 Å². The van der Waals surface area contributed by atoms with Crippen molar-refractivity contribution in [3.05, 3.63) is 78.5 Å². The Hall–Kier alpha value is -4.38. The van der Waals surface area contributed by atoms with Gasteiger partial charge in [0.15, 0.2) is 27.8 Å². The van der Waals surface area contributed by atoms with E-state index in [1.54, 1.807) is 38.3 Å². The van der Waals surface area contributed by atoms with Crippen LogP contribution in [0.3, 0.4) is 0 Å². The van der Waals surface area contributed by atoms with Gasteiger partial charge in [0.1, 0.15) is 0 Å². The quantitative estimate of drug-likeness (QED) is 0.187. The third-order valence-corrected chi connectivity index (χ3v) is 7.66. The second kappa shape index (κ2) is 13.5. The first-order valence-electron chi connectivity index (χ1n) is 13.5. The van der Waals surface area contributed by atoms with E-state index in [1.807, 2.05) is 18.2 Å². The fraction of sp³-hybridized carbons (Fsp3) is 0.355. The number of hydrogen-bond donors (Lipinski definition) is 0. The van der Waals surface area contributed by atoms with Crippen LogP contribution >= 0.6 is 11.3 Å². The molecule has 3 aromatic rings.